The van der Waals surface area contributed by atoms with E-state index in [2.05, 4.69) is 23.7 Å². The van der Waals surface area contributed by atoms with Crippen molar-refractivity contribution in [3.63, 3.8) is 0 Å². The summed E-state index contributed by atoms with van der Waals surface area (Å²) in [6.45, 7) is 1.75. The molecule has 0 aromatic rings. The first kappa shape index (κ1) is 13.5. The summed E-state index contributed by atoms with van der Waals surface area (Å²) in [5, 5.41) is 17.2. The van der Waals surface area contributed by atoms with Gasteiger partial charge in [0.15, 0.2) is 0 Å². The SMILES string of the molecule is CC(O)CCCC#CCC#CCC(=O)O. The van der Waals surface area contributed by atoms with E-state index in [1.165, 1.54) is 0 Å². The predicted molar refractivity (Wildman–Crippen MR) is 58.0 cm³/mol. The average Bonchev–Trinajstić information content (AvgIpc) is 2.14. The molecule has 15 heavy (non-hydrogen) atoms. The summed E-state index contributed by atoms with van der Waals surface area (Å²) >= 11 is 0. The molecule has 0 saturated carbocycles. The van der Waals surface area contributed by atoms with Crippen molar-refractivity contribution in [2.24, 2.45) is 0 Å². The van der Waals surface area contributed by atoms with Crippen molar-refractivity contribution in [1.29, 1.82) is 0 Å². The van der Waals surface area contributed by atoms with Gasteiger partial charge in [0.25, 0.3) is 0 Å². The van der Waals surface area contributed by atoms with Gasteiger partial charge >= 0.3 is 5.97 Å². The molecule has 0 spiro atoms. The minimum absolute atomic E-state index is 0.121. The third-order valence-corrected chi connectivity index (χ3v) is 1.59. The molecule has 0 bridgehead atoms. The van der Waals surface area contributed by atoms with E-state index >= 15 is 0 Å². The van der Waals surface area contributed by atoms with Crippen LogP contribution < -0.4 is 0 Å². The largest absolute Gasteiger partial charge is 0.481 e. The fourth-order valence-corrected chi connectivity index (χ4v) is 0.882. The van der Waals surface area contributed by atoms with Crippen LogP contribution in [-0.4, -0.2) is 22.3 Å². The number of aliphatic hydroxyl groups is 1. The van der Waals surface area contributed by atoms with Crippen LogP contribution in [0, 0.1) is 23.7 Å². The van der Waals surface area contributed by atoms with Crippen LogP contribution in [0.25, 0.3) is 0 Å². The zero-order chi connectivity index (χ0) is 11.5. The number of unbranched alkanes of at least 4 members (excludes halogenated alkanes) is 1. The van der Waals surface area contributed by atoms with E-state index in [0.717, 1.165) is 19.3 Å². The molecule has 0 radical (unpaired) electrons. The summed E-state index contributed by atoms with van der Waals surface area (Å²) < 4.78 is 0. The number of hydrogen-bond donors (Lipinski definition) is 2. The molecule has 0 saturated heterocycles. The highest BCUT2D eigenvalue weighted by Gasteiger charge is 1.92. The van der Waals surface area contributed by atoms with Crippen LogP contribution in [0.1, 0.15) is 39.0 Å². The summed E-state index contributed by atoms with van der Waals surface area (Å²) in [6, 6.07) is 0. The standard InChI is InChI=1S/C12H16O3/c1-11(13)9-7-5-3-2-4-6-8-10-12(14)15/h11,13H,4-5,7,9-10H2,1H3,(H,14,15). The molecule has 0 heterocycles. The summed E-state index contributed by atoms with van der Waals surface area (Å²) in [5.74, 6) is 10.0. The maximum Gasteiger partial charge on any atom is 0.315 e. The Morgan fingerprint density at radius 1 is 1.27 bits per heavy atom. The van der Waals surface area contributed by atoms with Gasteiger partial charge in [-0.2, -0.15) is 0 Å². The maximum atomic E-state index is 10.1. The molecule has 0 aliphatic rings. The second-order valence-electron chi connectivity index (χ2n) is 3.20. The number of rotatable bonds is 4. The van der Waals surface area contributed by atoms with Crippen LogP contribution in [-0.2, 0) is 4.79 Å². The summed E-state index contributed by atoms with van der Waals surface area (Å²) in [5.41, 5.74) is 0. The Morgan fingerprint density at radius 2 is 1.93 bits per heavy atom. The molecule has 82 valence electrons. The Balaban J connectivity index is 3.45. The fourth-order valence-electron chi connectivity index (χ4n) is 0.882. The highest BCUT2D eigenvalue weighted by atomic mass is 16.4. The Hall–Kier alpha value is -1.45. The van der Waals surface area contributed by atoms with Gasteiger partial charge in [-0.05, 0) is 19.8 Å². The van der Waals surface area contributed by atoms with E-state index in [1.807, 2.05) is 0 Å². The van der Waals surface area contributed by atoms with Crippen molar-refractivity contribution in [1.82, 2.24) is 0 Å². The fraction of sp³-hybridized carbons (Fsp3) is 0.583. The molecule has 2 N–H and O–H groups in total. The molecule has 0 aliphatic heterocycles. The van der Waals surface area contributed by atoms with Crippen molar-refractivity contribution in [2.45, 2.75) is 45.1 Å². The molecule has 0 fully saturated rings. The number of aliphatic carboxylic acids is 1. The van der Waals surface area contributed by atoms with E-state index < -0.39 is 5.97 Å². The topological polar surface area (TPSA) is 57.5 Å². The van der Waals surface area contributed by atoms with Gasteiger partial charge in [0.2, 0.25) is 0 Å². The number of carboxylic acids is 1. The van der Waals surface area contributed by atoms with Gasteiger partial charge in [-0.15, -0.1) is 5.92 Å². The first-order chi connectivity index (χ1) is 7.13. The van der Waals surface area contributed by atoms with Crippen molar-refractivity contribution in [3.05, 3.63) is 0 Å². The van der Waals surface area contributed by atoms with E-state index in [-0.39, 0.29) is 12.5 Å². The third kappa shape index (κ3) is 12.5. The Kier molecular flexibility index (Phi) is 8.24. The highest BCUT2D eigenvalue weighted by molar-refractivity contribution is 5.69. The lowest BCUT2D eigenvalue weighted by Gasteiger charge is -1.98. The van der Waals surface area contributed by atoms with Gasteiger partial charge in [-0.1, -0.05) is 17.8 Å². The molecular weight excluding hydrogens is 192 g/mol. The van der Waals surface area contributed by atoms with Crippen LogP contribution in [0.4, 0.5) is 0 Å². The van der Waals surface area contributed by atoms with E-state index in [0.29, 0.717) is 6.42 Å². The molecule has 0 aromatic heterocycles. The van der Waals surface area contributed by atoms with Crippen molar-refractivity contribution >= 4 is 5.97 Å². The van der Waals surface area contributed by atoms with E-state index in [9.17, 15) is 4.79 Å². The highest BCUT2D eigenvalue weighted by Crippen LogP contribution is 1.98. The Labute approximate surface area is 90.5 Å². The average molecular weight is 208 g/mol. The van der Waals surface area contributed by atoms with Crippen molar-refractivity contribution in [2.75, 3.05) is 0 Å². The molecule has 0 aliphatic carbocycles. The zero-order valence-corrected chi connectivity index (χ0v) is 8.92. The van der Waals surface area contributed by atoms with Gasteiger partial charge in [0.05, 0.1) is 12.5 Å². The van der Waals surface area contributed by atoms with Crippen LogP contribution in [0.2, 0.25) is 0 Å². The second-order valence-corrected chi connectivity index (χ2v) is 3.20. The van der Waals surface area contributed by atoms with Crippen LogP contribution >= 0.6 is 0 Å². The zero-order valence-electron chi connectivity index (χ0n) is 8.92. The maximum absolute atomic E-state index is 10.1. The molecule has 1 unspecified atom stereocenters. The van der Waals surface area contributed by atoms with Gasteiger partial charge in [0, 0.05) is 6.42 Å². The lowest BCUT2D eigenvalue weighted by Crippen LogP contribution is -1.97. The van der Waals surface area contributed by atoms with Crippen molar-refractivity contribution in [3.8, 4) is 23.7 Å². The number of hydrogen-bond acceptors (Lipinski definition) is 2. The lowest BCUT2D eigenvalue weighted by atomic mass is 10.2. The van der Waals surface area contributed by atoms with Gasteiger partial charge in [-0.3, -0.25) is 4.79 Å². The Bertz CT molecular complexity index is 296. The molecule has 0 rings (SSSR count). The first-order valence-corrected chi connectivity index (χ1v) is 4.94. The molecule has 0 amide bonds. The number of carbonyl (C=O) groups is 1. The minimum atomic E-state index is -0.910. The second kappa shape index (κ2) is 9.12. The molecule has 0 aromatic carbocycles. The molecule has 1 atom stereocenters. The van der Waals surface area contributed by atoms with Crippen LogP contribution in [0.3, 0.4) is 0 Å². The van der Waals surface area contributed by atoms with Crippen LogP contribution in [0.5, 0.6) is 0 Å². The number of aliphatic hydroxyl groups excluding tert-OH is 1. The summed E-state index contributed by atoms with van der Waals surface area (Å²) in [4.78, 5) is 10.1. The first-order valence-electron chi connectivity index (χ1n) is 4.94. The number of carboxylic acid groups (broad SMARTS) is 1. The van der Waals surface area contributed by atoms with E-state index in [4.69, 9.17) is 10.2 Å². The summed E-state index contributed by atoms with van der Waals surface area (Å²) in [6.07, 6.45) is 2.44. The smallest absolute Gasteiger partial charge is 0.315 e. The molecule has 3 heteroatoms. The monoisotopic (exact) mass is 208 g/mol. The molecule has 3 nitrogen and oxygen atoms in total. The predicted octanol–water partition coefficient (Wildman–Crippen LogP) is 1.41. The Morgan fingerprint density at radius 3 is 2.53 bits per heavy atom. The van der Waals surface area contributed by atoms with Gasteiger partial charge in [0.1, 0.15) is 6.42 Å². The van der Waals surface area contributed by atoms with Crippen molar-refractivity contribution < 1.29 is 15.0 Å². The van der Waals surface area contributed by atoms with Gasteiger partial charge in [-0.25, -0.2) is 0 Å². The normalized spacial score (nSPS) is 10.5. The lowest BCUT2D eigenvalue weighted by molar-refractivity contribution is -0.135. The van der Waals surface area contributed by atoms with Gasteiger partial charge < -0.3 is 10.2 Å². The third-order valence-electron chi connectivity index (χ3n) is 1.59. The summed E-state index contributed by atoms with van der Waals surface area (Å²) in [7, 11) is 0. The van der Waals surface area contributed by atoms with Crippen LogP contribution in [0.15, 0.2) is 0 Å². The van der Waals surface area contributed by atoms with E-state index in [1.54, 1.807) is 6.92 Å². The minimum Gasteiger partial charge on any atom is -0.481 e. The molecular formula is C12H16O3. The quantitative estimate of drug-likeness (QED) is 0.542.